The lowest BCUT2D eigenvalue weighted by molar-refractivity contribution is -0.131. The maximum Gasteiger partial charge on any atom is 0.308 e. The summed E-state index contributed by atoms with van der Waals surface area (Å²) in [5, 5.41) is 0. The summed E-state index contributed by atoms with van der Waals surface area (Å²) < 4.78 is 5.69. The Morgan fingerprint density at radius 1 is 1.14 bits per heavy atom. The zero-order valence-electron chi connectivity index (χ0n) is 9.07. The van der Waals surface area contributed by atoms with E-state index in [0.29, 0.717) is 5.75 Å². The summed E-state index contributed by atoms with van der Waals surface area (Å²) in [6.45, 7) is 1.40. The zero-order valence-corrected chi connectivity index (χ0v) is 9.07. The summed E-state index contributed by atoms with van der Waals surface area (Å²) in [6.07, 6.45) is 0. The van der Waals surface area contributed by atoms with Gasteiger partial charge in [-0.25, -0.2) is 0 Å². The van der Waals surface area contributed by atoms with Crippen molar-refractivity contribution in [3.05, 3.63) is 24.3 Å². The van der Waals surface area contributed by atoms with Crippen molar-refractivity contribution in [1.82, 2.24) is 4.48 Å². The molecule has 0 aliphatic rings. The fourth-order valence-corrected chi connectivity index (χ4v) is 1.13. The summed E-state index contributed by atoms with van der Waals surface area (Å²) in [4.78, 5) is 10.7. The van der Waals surface area contributed by atoms with E-state index in [1.54, 1.807) is 12.1 Å². The van der Waals surface area contributed by atoms with Crippen LogP contribution < -0.4 is 9.22 Å². The number of esters is 1. The number of nitrogens with zero attached hydrogens (tertiary/aromatic N) is 1. The molecule has 0 bridgehead atoms. The first-order chi connectivity index (χ1) is 6.39. The molecule has 14 heavy (non-hydrogen) atoms. The molecule has 0 radical (unpaired) electrons. The Morgan fingerprint density at radius 2 is 1.64 bits per heavy atom. The Morgan fingerprint density at radius 3 is 2.00 bits per heavy atom. The zero-order chi connectivity index (χ0) is 10.8. The van der Waals surface area contributed by atoms with Crippen LogP contribution in [0, 0.1) is 0 Å². The highest BCUT2D eigenvalue weighted by atomic mass is 16.5. The van der Waals surface area contributed by atoms with Crippen molar-refractivity contribution in [3.63, 3.8) is 0 Å². The Bertz CT molecular complexity index is 322. The second-order valence-electron chi connectivity index (χ2n) is 4.10. The molecule has 0 heterocycles. The van der Waals surface area contributed by atoms with E-state index in [1.165, 1.54) is 12.6 Å². The van der Waals surface area contributed by atoms with Crippen LogP contribution in [0.4, 0.5) is 5.69 Å². The Labute approximate surface area is 84.5 Å². The van der Waals surface area contributed by atoms with Crippen molar-refractivity contribution in [3.8, 4) is 5.75 Å². The van der Waals surface area contributed by atoms with Gasteiger partial charge in [0.15, 0.2) is 0 Å². The van der Waals surface area contributed by atoms with E-state index in [1.807, 2.05) is 12.1 Å². The van der Waals surface area contributed by atoms with Gasteiger partial charge in [0.05, 0.1) is 21.1 Å². The third kappa shape index (κ3) is 2.85. The number of carbonyl (C=O) groups excluding carboxylic acids is 1. The van der Waals surface area contributed by atoms with Crippen LogP contribution >= 0.6 is 0 Å². The predicted molar refractivity (Wildman–Crippen MR) is 57.3 cm³/mol. The number of ether oxygens (including phenoxy) is 1. The number of carbonyl (C=O) groups is 1. The van der Waals surface area contributed by atoms with Crippen LogP contribution in [0.1, 0.15) is 6.92 Å². The Balaban J connectivity index is 2.84. The Hall–Kier alpha value is -1.35. The molecule has 1 rings (SSSR count). The predicted octanol–water partition coefficient (Wildman–Crippen LogP) is 1.81. The summed E-state index contributed by atoms with van der Waals surface area (Å²) in [5.41, 5.74) is 1.17. The largest absolute Gasteiger partial charge is 0.427 e. The van der Waals surface area contributed by atoms with Crippen LogP contribution in [-0.2, 0) is 4.79 Å². The van der Waals surface area contributed by atoms with E-state index < -0.39 is 0 Å². The Kier molecular flexibility index (Phi) is 2.91. The average Bonchev–Trinajstić information content (AvgIpc) is 2.02. The molecule has 1 aromatic carbocycles. The lowest BCUT2D eigenvalue weighted by atomic mass is 10.2. The minimum Gasteiger partial charge on any atom is -0.427 e. The van der Waals surface area contributed by atoms with Crippen molar-refractivity contribution in [1.29, 1.82) is 0 Å². The summed E-state index contributed by atoms with van der Waals surface area (Å²) in [5.74, 6) is 0.303. The maximum absolute atomic E-state index is 10.7. The number of hydrogen-bond donors (Lipinski definition) is 0. The summed E-state index contributed by atoms with van der Waals surface area (Å²) in [6, 6.07) is 7.52. The van der Waals surface area contributed by atoms with Gasteiger partial charge in [-0.05, 0) is 12.1 Å². The van der Waals surface area contributed by atoms with Crippen LogP contribution in [0.25, 0.3) is 0 Å². The second-order valence-corrected chi connectivity index (χ2v) is 4.10. The summed E-state index contributed by atoms with van der Waals surface area (Å²) in [7, 11) is 6.25. The number of benzene rings is 1. The smallest absolute Gasteiger partial charge is 0.308 e. The molecule has 0 aliphatic carbocycles. The first-order valence-electron chi connectivity index (χ1n) is 4.50. The van der Waals surface area contributed by atoms with E-state index in [2.05, 4.69) is 21.1 Å². The topological polar surface area (TPSA) is 26.3 Å². The molecular weight excluding hydrogens is 178 g/mol. The van der Waals surface area contributed by atoms with Crippen molar-refractivity contribution in [2.45, 2.75) is 6.92 Å². The molecule has 0 aromatic heterocycles. The maximum atomic E-state index is 10.7. The van der Waals surface area contributed by atoms with E-state index in [4.69, 9.17) is 4.74 Å². The molecule has 0 spiro atoms. The molecule has 0 atom stereocenters. The average molecular weight is 194 g/mol. The van der Waals surface area contributed by atoms with Crippen LogP contribution in [0.2, 0.25) is 0 Å². The number of hydrogen-bond acceptors (Lipinski definition) is 2. The van der Waals surface area contributed by atoms with Gasteiger partial charge in [0, 0.05) is 19.1 Å². The molecular formula is C11H16NO2+. The van der Waals surface area contributed by atoms with Crippen LogP contribution in [0.3, 0.4) is 0 Å². The van der Waals surface area contributed by atoms with Crippen LogP contribution in [0.5, 0.6) is 5.75 Å². The standard InChI is InChI=1S/C11H16NO2/c1-9(13)14-11-7-5-10(6-8-11)12(2,3)4/h5-8H,1-4H3/q+1. The number of rotatable bonds is 2. The minimum absolute atomic E-state index is 0.289. The lowest BCUT2D eigenvalue weighted by Crippen LogP contribution is -2.34. The number of quaternary nitrogens is 1. The van der Waals surface area contributed by atoms with Crippen LogP contribution in [0.15, 0.2) is 24.3 Å². The molecule has 0 unspecified atom stereocenters. The quantitative estimate of drug-likeness (QED) is 0.408. The lowest BCUT2D eigenvalue weighted by Gasteiger charge is -2.23. The fraction of sp³-hybridized carbons (Fsp3) is 0.364. The fourth-order valence-electron chi connectivity index (χ4n) is 1.13. The molecule has 3 nitrogen and oxygen atoms in total. The van der Waals surface area contributed by atoms with Gasteiger partial charge < -0.3 is 4.74 Å². The van der Waals surface area contributed by atoms with Gasteiger partial charge in [-0.2, -0.15) is 0 Å². The molecule has 0 fully saturated rings. The van der Waals surface area contributed by atoms with Crippen molar-refractivity contribution in [2.24, 2.45) is 0 Å². The highest BCUT2D eigenvalue weighted by molar-refractivity contribution is 5.69. The summed E-state index contributed by atoms with van der Waals surface area (Å²) >= 11 is 0. The normalized spacial score (nSPS) is 11.1. The van der Waals surface area contributed by atoms with E-state index in [-0.39, 0.29) is 5.97 Å². The minimum atomic E-state index is -0.289. The van der Waals surface area contributed by atoms with E-state index in [0.717, 1.165) is 4.48 Å². The van der Waals surface area contributed by atoms with E-state index >= 15 is 0 Å². The molecule has 0 saturated carbocycles. The first-order valence-corrected chi connectivity index (χ1v) is 4.50. The van der Waals surface area contributed by atoms with Gasteiger partial charge in [-0.15, -0.1) is 0 Å². The van der Waals surface area contributed by atoms with Crippen molar-refractivity contribution in [2.75, 3.05) is 21.1 Å². The SMILES string of the molecule is CC(=O)Oc1ccc([N+](C)(C)C)cc1. The van der Waals surface area contributed by atoms with Gasteiger partial charge in [0.2, 0.25) is 0 Å². The second kappa shape index (κ2) is 3.80. The van der Waals surface area contributed by atoms with Gasteiger partial charge in [-0.3, -0.25) is 9.28 Å². The van der Waals surface area contributed by atoms with Gasteiger partial charge in [0.1, 0.15) is 11.4 Å². The molecule has 0 N–H and O–H groups in total. The highest BCUT2D eigenvalue weighted by Crippen LogP contribution is 2.20. The third-order valence-electron chi connectivity index (χ3n) is 1.87. The molecule has 3 heteroatoms. The highest BCUT2D eigenvalue weighted by Gasteiger charge is 2.11. The van der Waals surface area contributed by atoms with Crippen LogP contribution in [-0.4, -0.2) is 27.1 Å². The van der Waals surface area contributed by atoms with E-state index in [9.17, 15) is 4.79 Å². The monoisotopic (exact) mass is 194 g/mol. The van der Waals surface area contributed by atoms with Gasteiger partial charge >= 0.3 is 5.97 Å². The third-order valence-corrected chi connectivity index (χ3v) is 1.87. The van der Waals surface area contributed by atoms with Crippen molar-refractivity contribution < 1.29 is 9.53 Å². The van der Waals surface area contributed by atoms with Gasteiger partial charge in [-0.1, -0.05) is 0 Å². The first kappa shape index (κ1) is 10.7. The molecule has 0 saturated heterocycles. The van der Waals surface area contributed by atoms with Crippen molar-refractivity contribution >= 4 is 11.7 Å². The molecule has 76 valence electrons. The molecule has 0 amide bonds. The molecule has 0 aliphatic heterocycles. The van der Waals surface area contributed by atoms with Gasteiger partial charge in [0.25, 0.3) is 0 Å². The molecule has 1 aromatic rings.